The largest absolute Gasteiger partial charge is 0.352 e. The zero-order chi connectivity index (χ0) is 18.5. The summed E-state index contributed by atoms with van der Waals surface area (Å²) < 4.78 is 15.7. The minimum absolute atomic E-state index is 0.0416. The number of pyridine rings is 1. The van der Waals surface area contributed by atoms with E-state index in [9.17, 15) is 9.18 Å². The molecule has 2 N–H and O–H groups in total. The number of rotatable bonds is 3. The fourth-order valence-electron chi connectivity index (χ4n) is 4.27. The maximum absolute atomic E-state index is 14.8. The third-order valence-corrected chi connectivity index (χ3v) is 6.89. The Morgan fingerprint density at radius 3 is 2.93 bits per heavy atom. The van der Waals surface area contributed by atoms with Gasteiger partial charge in [-0.1, -0.05) is 0 Å². The van der Waals surface area contributed by atoms with Crippen molar-refractivity contribution < 1.29 is 4.39 Å². The number of fused-ring (bicyclic) bond motifs is 3. The Kier molecular flexibility index (Phi) is 3.98. The third kappa shape index (κ3) is 2.83. The Hall–Kier alpha value is -2.32. The van der Waals surface area contributed by atoms with Crippen molar-refractivity contribution in [3.8, 4) is 10.6 Å². The van der Waals surface area contributed by atoms with E-state index in [0.717, 1.165) is 34.5 Å². The van der Waals surface area contributed by atoms with E-state index in [1.54, 1.807) is 6.20 Å². The van der Waals surface area contributed by atoms with Crippen molar-refractivity contribution in [2.24, 2.45) is 0 Å². The molecule has 6 nitrogen and oxygen atoms in total. The molecule has 2 fully saturated rings. The van der Waals surface area contributed by atoms with E-state index in [2.05, 4.69) is 20.5 Å². The molecule has 2 unspecified atom stereocenters. The summed E-state index contributed by atoms with van der Waals surface area (Å²) in [4.78, 5) is 17.4. The normalized spacial score (nSPS) is 27.2. The Labute approximate surface area is 159 Å². The number of thiophene rings is 1. The minimum atomic E-state index is -0.899. The number of H-pyrrole nitrogens is 1. The van der Waals surface area contributed by atoms with Gasteiger partial charge in [-0.05, 0) is 43.5 Å². The van der Waals surface area contributed by atoms with Gasteiger partial charge in [0.25, 0.3) is 5.56 Å². The molecular formula is C19H20FN5OS. The molecule has 0 saturated carbocycles. The van der Waals surface area contributed by atoms with Gasteiger partial charge >= 0.3 is 0 Å². The molecule has 0 aliphatic carbocycles. The van der Waals surface area contributed by atoms with Crippen LogP contribution in [0.4, 0.5) is 10.2 Å². The van der Waals surface area contributed by atoms with Crippen molar-refractivity contribution in [3.05, 3.63) is 40.8 Å². The highest BCUT2D eigenvalue weighted by atomic mass is 32.1. The van der Waals surface area contributed by atoms with Crippen LogP contribution < -0.4 is 15.8 Å². The molecule has 27 heavy (non-hydrogen) atoms. The lowest BCUT2D eigenvalue weighted by Crippen LogP contribution is -2.55. The number of aromatic amines is 1. The van der Waals surface area contributed by atoms with Crippen LogP contribution in [0.15, 0.2) is 35.3 Å². The number of anilines is 1. The first kappa shape index (κ1) is 16.8. The second-order valence-corrected chi connectivity index (χ2v) is 8.46. The summed E-state index contributed by atoms with van der Waals surface area (Å²) >= 11 is 1.51. The van der Waals surface area contributed by atoms with Gasteiger partial charge in [0.1, 0.15) is 11.9 Å². The first-order chi connectivity index (χ1) is 13.1. The highest BCUT2D eigenvalue weighted by Crippen LogP contribution is 2.34. The van der Waals surface area contributed by atoms with Gasteiger partial charge in [-0.2, -0.15) is 0 Å². The van der Waals surface area contributed by atoms with Crippen molar-refractivity contribution >= 4 is 27.2 Å². The van der Waals surface area contributed by atoms with Gasteiger partial charge in [-0.3, -0.25) is 4.79 Å². The minimum Gasteiger partial charge on any atom is -0.352 e. The predicted octanol–water partition coefficient (Wildman–Crippen LogP) is 2.71. The molecule has 0 radical (unpaired) electrons. The number of hydrogen-bond donors (Lipinski definition) is 2. The lowest BCUT2D eigenvalue weighted by molar-refractivity contribution is 0.176. The Balaban J connectivity index is 1.41. The van der Waals surface area contributed by atoms with Gasteiger partial charge in [0.15, 0.2) is 5.82 Å². The lowest BCUT2D eigenvalue weighted by Gasteiger charge is -2.38. The van der Waals surface area contributed by atoms with E-state index in [-0.39, 0.29) is 17.6 Å². The molecule has 0 aromatic carbocycles. The molecule has 4 atom stereocenters. The van der Waals surface area contributed by atoms with Crippen molar-refractivity contribution in [1.29, 1.82) is 0 Å². The average Bonchev–Trinajstić information content (AvgIpc) is 3.30. The summed E-state index contributed by atoms with van der Waals surface area (Å²) in [6.07, 6.45) is 3.49. The predicted molar refractivity (Wildman–Crippen MR) is 105 cm³/mol. The van der Waals surface area contributed by atoms with E-state index in [1.165, 1.54) is 11.3 Å². The molecule has 5 heterocycles. The van der Waals surface area contributed by atoms with Crippen LogP contribution in [0.5, 0.6) is 0 Å². The number of piperidine rings is 1. The van der Waals surface area contributed by atoms with Crippen LogP contribution >= 0.6 is 11.3 Å². The molecule has 0 spiro atoms. The number of nitrogens with zero attached hydrogens (tertiary/aromatic N) is 3. The smallest absolute Gasteiger partial charge is 0.256 e. The highest BCUT2D eigenvalue weighted by molar-refractivity contribution is 7.22. The van der Waals surface area contributed by atoms with Crippen LogP contribution in [-0.4, -0.2) is 46.5 Å². The lowest BCUT2D eigenvalue weighted by atomic mass is 9.96. The monoisotopic (exact) mass is 385 g/mol. The van der Waals surface area contributed by atoms with Crippen molar-refractivity contribution in [1.82, 2.24) is 20.5 Å². The fraction of sp³-hybridized carbons (Fsp3) is 0.421. The second kappa shape index (κ2) is 6.38. The maximum atomic E-state index is 14.8. The van der Waals surface area contributed by atoms with E-state index < -0.39 is 6.17 Å². The number of halogens is 1. The molecule has 140 valence electrons. The molecule has 5 rings (SSSR count). The third-order valence-electron chi connectivity index (χ3n) is 5.77. The summed E-state index contributed by atoms with van der Waals surface area (Å²) in [5.74, 6) is 0.673. The first-order valence-electron chi connectivity index (χ1n) is 9.18. The SMILES string of the molecule is CN(c1ccc(-c2cc3c(=O)[nH]ccc3s2)nn1)[C@H]1CC2CCC(N2)[C@H]1F. The standard InChI is InChI=1S/C19H20FN5OS/c1-25(14-8-10-2-3-13(22-10)18(14)20)17-5-4-12(23-24-17)16-9-11-15(27-16)6-7-21-19(11)26/h4-7,9-10,13-14,18,22H,2-3,8H2,1H3,(H,21,26)/t10?,13?,14-,18+/m0/s1. The first-order valence-corrected chi connectivity index (χ1v) is 10.00. The molecule has 3 aromatic heterocycles. The zero-order valence-corrected chi connectivity index (χ0v) is 15.7. The molecule has 2 bridgehead atoms. The van der Waals surface area contributed by atoms with Gasteiger partial charge in [0.05, 0.1) is 16.3 Å². The highest BCUT2D eigenvalue weighted by Gasteiger charge is 2.43. The Morgan fingerprint density at radius 2 is 2.15 bits per heavy atom. The zero-order valence-electron chi connectivity index (χ0n) is 14.9. The van der Waals surface area contributed by atoms with Gasteiger partial charge in [0.2, 0.25) is 0 Å². The summed E-state index contributed by atoms with van der Waals surface area (Å²) in [5, 5.41) is 12.7. The molecule has 8 heteroatoms. The number of alkyl halides is 1. The molecule has 2 aliphatic heterocycles. The summed E-state index contributed by atoms with van der Waals surface area (Å²) in [6, 6.07) is 7.68. The Bertz CT molecular complexity index is 1030. The van der Waals surface area contributed by atoms with E-state index in [0.29, 0.717) is 17.2 Å². The van der Waals surface area contributed by atoms with Crippen LogP contribution in [0.2, 0.25) is 0 Å². The number of nitrogens with one attached hydrogen (secondary N) is 2. The quantitative estimate of drug-likeness (QED) is 0.725. The molecule has 0 amide bonds. The van der Waals surface area contributed by atoms with E-state index in [1.807, 2.05) is 36.2 Å². The van der Waals surface area contributed by atoms with Crippen LogP contribution in [0, 0.1) is 0 Å². The Morgan fingerprint density at radius 1 is 1.26 bits per heavy atom. The van der Waals surface area contributed by atoms with E-state index in [4.69, 9.17) is 0 Å². The summed E-state index contributed by atoms with van der Waals surface area (Å²) in [5.41, 5.74) is 0.615. The molecular weight excluding hydrogens is 365 g/mol. The van der Waals surface area contributed by atoms with Crippen LogP contribution in [0.1, 0.15) is 19.3 Å². The van der Waals surface area contributed by atoms with Gasteiger partial charge in [0, 0.05) is 30.0 Å². The fourth-order valence-corrected chi connectivity index (χ4v) is 5.29. The van der Waals surface area contributed by atoms with Gasteiger partial charge in [-0.15, -0.1) is 21.5 Å². The van der Waals surface area contributed by atoms with Crippen LogP contribution in [0.25, 0.3) is 20.7 Å². The van der Waals surface area contributed by atoms with Gasteiger partial charge < -0.3 is 15.2 Å². The maximum Gasteiger partial charge on any atom is 0.256 e. The van der Waals surface area contributed by atoms with Crippen LogP contribution in [-0.2, 0) is 0 Å². The number of aromatic nitrogens is 3. The van der Waals surface area contributed by atoms with Crippen LogP contribution in [0.3, 0.4) is 0 Å². The summed E-state index contributed by atoms with van der Waals surface area (Å²) in [6.45, 7) is 0. The molecule has 3 aromatic rings. The molecule has 2 aliphatic rings. The van der Waals surface area contributed by atoms with E-state index >= 15 is 0 Å². The number of hydrogen-bond acceptors (Lipinski definition) is 6. The van der Waals surface area contributed by atoms with Gasteiger partial charge in [-0.25, -0.2) is 4.39 Å². The topological polar surface area (TPSA) is 73.9 Å². The molecule has 2 saturated heterocycles. The van der Waals surface area contributed by atoms with Crippen molar-refractivity contribution in [3.63, 3.8) is 0 Å². The van der Waals surface area contributed by atoms with Crippen molar-refractivity contribution in [2.45, 2.75) is 43.6 Å². The second-order valence-electron chi connectivity index (χ2n) is 7.38. The van der Waals surface area contributed by atoms with Crippen molar-refractivity contribution in [2.75, 3.05) is 11.9 Å². The average molecular weight is 385 g/mol. The summed E-state index contributed by atoms with van der Waals surface area (Å²) in [7, 11) is 1.89.